The number of fused-ring (bicyclic) bond motifs is 1. The number of likely N-dealkylation sites (tertiary alicyclic amines) is 1. The van der Waals surface area contributed by atoms with Crippen molar-refractivity contribution in [1.29, 1.82) is 0 Å². The number of hydrogen-bond acceptors (Lipinski definition) is 2. The zero-order valence-electron chi connectivity index (χ0n) is 12.7. The van der Waals surface area contributed by atoms with Gasteiger partial charge >= 0.3 is 0 Å². The van der Waals surface area contributed by atoms with E-state index in [4.69, 9.17) is 5.73 Å². The highest BCUT2D eigenvalue weighted by Crippen LogP contribution is 2.36. The summed E-state index contributed by atoms with van der Waals surface area (Å²) in [5.74, 6) is 1.31. The van der Waals surface area contributed by atoms with E-state index in [9.17, 15) is 4.39 Å². The molecule has 0 amide bonds. The van der Waals surface area contributed by atoms with Gasteiger partial charge in [0, 0.05) is 31.2 Å². The molecule has 2 aliphatic rings. The molecule has 1 saturated heterocycles. The summed E-state index contributed by atoms with van der Waals surface area (Å²) in [5.41, 5.74) is 8.29. The molecule has 3 unspecified atom stereocenters. The van der Waals surface area contributed by atoms with Crippen molar-refractivity contribution in [3.63, 3.8) is 0 Å². The second-order valence-electron chi connectivity index (χ2n) is 6.44. The van der Waals surface area contributed by atoms with Crippen molar-refractivity contribution in [3.8, 4) is 0 Å². The van der Waals surface area contributed by atoms with Crippen molar-refractivity contribution < 1.29 is 4.39 Å². The summed E-state index contributed by atoms with van der Waals surface area (Å²) in [7, 11) is 0. The van der Waals surface area contributed by atoms with E-state index in [0.717, 1.165) is 49.5 Å². The Hall–Kier alpha value is -0.640. The maximum atomic E-state index is 14.1. The van der Waals surface area contributed by atoms with Gasteiger partial charge in [0.05, 0.1) is 0 Å². The number of benzene rings is 1. The molecule has 0 spiro atoms. The Balaban J connectivity index is 0.00000161. The van der Waals surface area contributed by atoms with Crippen molar-refractivity contribution in [2.75, 3.05) is 13.1 Å². The quantitative estimate of drug-likeness (QED) is 0.927. The molecule has 1 aromatic carbocycles. The van der Waals surface area contributed by atoms with Gasteiger partial charge in [-0.05, 0) is 42.7 Å². The molecule has 3 atom stereocenters. The van der Waals surface area contributed by atoms with Crippen LogP contribution in [0.4, 0.5) is 4.39 Å². The average Bonchev–Trinajstić information content (AvgIpc) is 2.85. The molecule has 1 heterocycles. The lowest BCUT2D eigenvalue weighted by Gasteiger charge is -2.29. The third kappa shape index (κ3) is 3.41. The minimum atomic E-state index is -0.0523. The lowest BCUT2D eigenvalue weighted by atomic mass is 9.78. The lowest BCUT2D eigenvalue weighted by Crippen LogP contribution is -2.38. The minimum Gasteiger partial charge on any atom is -0.327 e. The molecule has 1 saturated carbocycles. The standard InChI is InChI=1S/C17H25FN2.ClH/c1-2-12-5-3-7-16(18)14(12)10-20-9-13-6-4-8-17(19)15(13)11-20;/h3,5,7,13,15,17H,2,4,6,8-11,19H2,1H3;1H. The molecule has 118 valence electrons. The first-order valence-corrected chi connectivity index (χ1v) is 7.93. The summed E-state index contributed by atoms with van der Waals surface area (Å²) < 4.78 is 14.1. The minimum absolute atomic E-state index is 0. The average molecular weight is 313 g/mol. The third-order valence-electron chi connectivity index (χ3n) is 5.21. The van der Waals surface area contributed by atoms with Gasteiger partial charge in [0.25, 0.3) is 0 Å². The number of hydrogen-bond donors (Lipinski definition) is 1. The van der Waals surface area contributed by atoms with Crippen LogP contribution >= 0.6 is 12.4 Å². The van der Waals surface area contributed by atoms with Gasteiger partial charge in [-0.1, -0.05) is 25.5 Å². The number of halogens is 2. The second kappa shape index (κ2) is 7.08. The van der Waals surface area contributed by atoms with E-state index in [-0.39, 0.29) is 18.2 Å². The summed E-state index contributed by atoms with van der Waals surface area (Å²) in [5, 5.41) is 0. The van der Waals surface area contributed by atoms with E-state index < -0.39 is 0 Å². The maximum absolute atomic E-state index is 14.1. The molecule has 0 bridgehead atoms. The van der Waals surface area contributed by atoms with Crippen LogP contribution in [-0.4, -0.2) is 24.0 Å². The highest BCUT2D eigenvalue weighted by molar-refractivity contribution is 5.85. The molecule has 21 heavy (non-hydrogen) atoms. The van der Waals surface area contributed by atoms with Crippen molar-refractivity contribution >= 4 is 12.4 Å². The zero-order chi connectivity index (χ0) is 14.1. The monoisotopic (exact) mass is 312 g/mol. The molecular weight excluding hydrogens is 287 g/mol. The van der Waals surface area contributed by atoms with Crippen LogP contribution < -0.4 is 5.73 Å². The highest BCUT2D eigenvalue weighted by atomic mass is 35.5. The predicted octanol–water partition coefficient (Wildman–Crippen LogP) is 3.37. The SMILES string of the molecule is CCc1cccc(F)c1CN1CC2CCCC(N)C2C1.Cl. The normalized spacial score (nSPS) is 29.0. The predicted molar refractivity (Wildman–Crippen MR) is 87.1 cm³/mol. The Bertz CT molecular complexity index is 480. The van der Waals surface area contributed by atoms with Gasteiger partial charge in [-0.25, -0.2) is 4.39 Å². The van der Waals surface area contributed by atoms with Crippen molar-refractivity contribution in [3.05, 3.63) is 35.1 Å². The molecule has 3 rings (SSSR count). The maximum Gasteiger partial charge on any atom is 0.127 e. The van der Waals surface area contributed by atoms with Crippen LogP contribution in [0.3, 0.4) is 0 Å². The van der Waals surface area contributed by atoms with Gasteiger partial charge in [0.1, 0.15) is 5.82 Å². The molecular formula is C17H26ClFN2. The van der Waals surface area contributed by atoms with E-state index in [1.807, 2.05) is 12.1 Å². The molecule has 2 N–H and O–H groups in total. The zero-order valence-corrected chi connectivity index (χ0v) is 13.5. The van der Waals surface area contributed by atoms with Crippen LogP contribution in [-0.2, 0) is 13.0 Å². The summed E-state index contributed by atoms with van der Waals surface area (Å²) in [6, 6.07) is 5.80. The van der Waals surface area contributed by atoms with Gasteiger partial charge in [-0.3, -0.25) is 4.90 Å². The van der Waals surface area contributed by atoms with Crippen molar-refractivity contribution in [2.24, 2.45) is 17.6 Å². The van der Waals surface area contributed by atoms with Crippen molar-refractivity contribution in [2.45, 2.75) is 45.2 Å². The first kappa shape index (κ1) is 16.7. The smallest absolute Gasteiger partial charge is 0.127 e. The Morgan fingerprint density at radius 2 is 2.10 bits per heavy atom. The van der Waals surface area contributed by atoms with Crippen LogP contribution in [0, 0.1) is 17.7 Å². The summed E-state index contributed by atoms with van der Waals surface area (Å²) in [6.07, 6.45) is 4.62. The van der Waals surface area contributed by atoms with E-state index in [2.05, 4.69) is 11.8 Å². The molecule has 0 radical (unpaired) electrons. The Morgan fingerprint density at radius 3 is 2.81 bits per heavy atom. The fourth-order valence-electron chi connectivity index (χ4n) is 4.07. The van der Waals surface area contributed by atoms with E-state index in [1.54, 1.807) is 6.07 Å². The molecule has 1 aliphatic carbocycles. The number of rotatable bonds is 3. The molecule has 1 aliphatic heterocycles. The van der Waals surface area contributed by atoms with Gasteiger partial charge in [-0.2, -0.15) is 0 Å². The Morgan fingerprint density at radius 1 is 1.29 bits per heavy atom. The fraction of sp³-hybridized carbons (Fsp3) is 0.647. The first-order valence-electron chi connectivity index (χ1n) is 7.93. The summed E-state index contributed by atoms with van der Waals surface area (Å²) >= 11 is 0. The van der Waals surface area contributed by atoms with Gasteiger partial charge < -0.3 is 5.73 Å². The van der Waals surface area contributed by atoms with Crippen LogP contribution in [0.2, 0.25) is 0 Å². The lowest BCUT2D eigenvalue weighted by molar-refractivity contribution is 0.259. The molecule has 0 aromatic heterocycles. The number of nitrogens with zero attached hydrogens (tertiary/aromatic N) is 1. The van der Waals surface area contributed by atoms with Crippen LogP contribution in [0.5, 0.6) is 0 Å². The Kier molecular flexibility index (Phi) is 5.64. The van der Waals surface area contributed by atoms with Crippen LogP contribution in [0.25, 0.3) is 0 Å². The van der Waals surface area contributed by atoms with E-state index in [0.29, 0.717) is 12.0 Å². The van der Waals surface area contributed by atoms with Gasteiger partial charge in [0.2, 0.25) is 0 Å². The van der Waals surface area contributed by atoms with Gasteiger partial charge in [-0.15, -0.1) is 12.4 Å². The second-order valence-corrected chi connectivity index (χ2v) is 6.44. The molecule has 2 nitrogen and oxygen atoms in total. The molecule has 4 heteroatoms. The Labute approximate surface area is 133 Å². The van der Waals surface area contributed by atoms with Crippen LogP contribution in [0.15, 0.2) is 18.2 Å². The van der Waals surface area contributed by atoms with E-state index in [1.165, 1.54) is 12.8 Å². The van der Waals surface area contributed by atoms with Crippen LogP contribution in [0.1, 0.15) is 37.3 Å². The number of nitrogens with two attached hydrogens (primary N) is 1. The van der Waals surface area contributed by atoms with Crippen molar-refractivity contribution in [1.82, 2.24) is 4.90 Å². The molecule has 2 fully saturated rings. The van der Waals surface area contributed by atoms with E-state index >= 15 is 0 Å². The highest BCUT2D eigenvalue weighted by Gasteiger charge is 2.38. The number of aryl methyl sites for hydroxylation is 1. The fourth-order valence-corrected chi connectivity index (χ4v) is 4.07. The largest absolute Gasteiger partial charge is 0.327 e. The van der Waals surface area contributed by atoms with Gasteiger partial charge in [0.15, 0.2) is 0 Å². The first-order chi connectivity index (χ1) is 9.69. The topological polar surface area (TPSA) is 29.3 Å². The molecule has 1 aromatic rings. The summed E-state index contributed by atoms with van der Waals surface area (Å²) in [4.78, 5) is 2.41. The third-order valence-corrected chi connectivity index (χ3v) is 5.21. The summed E-state index contributed by atoms with van der Waals surface area (Å²) in [6.45, 7) is 4.98.